The van der Waals surface area contributed by atoms with Gasteiger partial charge in [0.2, 0.25) is 17.7 Å². The van der Waals surface area contributed by atoms with Gasteiger partial charge in [-0.3, -0.25) is 24.1 Å². The first-order chi connectivity index (χ1) is 16.2. The monoisotopic (exact) mass is 499 g/mol. The van der Waals surface area contributed by atoms with Crippen LogP contribution in [0.5, 0.6) is 0 Å². The number of nitrogens with zero attached hydrogens (tertiary/aromatic N) is 3. The van der Waals surface area contributed by atoms with E-state index in [-0.39, 0.29) is 41.9 Å². The predicted molar refractivity (Wildman–Crippen MR) is 126 cm³/mol. The summed E-state index contributed by atoms with van der Waals surface area (Å²) in [7, 11) is 1.65. The number of rotatable bonds is 4. The molecular formula is C25H23Cl2N3O4. The molecule has 0 spiro atoms. The van der Waals surface area contributed by atoms with Gasteiger partial charge in [0, 0.05) is 19.2 Å². The number of fused-ring (bicyclic) bond motifs is 5. The van der Waals surface area contributed by atoms with E-state index in [1.165, 1.54) is 26.8 Å². The van der Waals surface area contributed by atoms with Crippen molar-refractivity contribution in [1.82, 2.24) is 14.7 Å². The maximum absolute atomic E-state index is 13.8. The lowest BCUT2D eigenvalue weighted by atomic mass is 9.78. The first kappa shape index (κ1) is 22.9. The van der Waals surface area contributed by atoms with Gasteiger partial charge in [-0.25, -0.2) is 0 Å². The van der Waals surface area contributed by atoms with Crippen molar-refractivity contribution in [1.29, 1.82) is 0 Å². The largest absolute Gasteiger partial charge is 0.342 e. The van der Waals surface area contributed by atoms with Crippen LogP contribution in [0.2, 0.25) is 10.0 Å². The van der Waals surface area contributed by atoms with Crippen LogP contribution in [-0.2, 0) is 20.9 Å². The van der Waals surface area contributed by atoms with E-state index in [4.69, 9.17) is 23.2 Å². The molecule has 0 N–H and O–H groups in total. The van der Waals surface area contributed by atoms with Gasteiger partial charge in [-0.05, 0) is 30.2 Å². The smallest absolute Gasteiger partial charge is 0.255 e. The molecule has 34 heavy (non-hydrogen) atoms. The van der Waals surface area contributed by atoms with E-state index >= 15 is 0 Å². The summed E-state index contributed by atoms with van der Waals surface area (Å²) in [4.78, 5) is 59.1. The van der Waals surface area contributed by atoms with Crippen molar-refractivity contribution in [2.45, 2.75) is 31.5 Å². The van der Waals surface area contributed by atoms with Crippen LogP contribution in [0.4, 0.5) is 0 Å². The Labute approximate surface area is 207 Å². The van der Waals surface area contributed by atoms with Crippen LogP contribution in [0.1, 0.15) is 29.3 Å². The highest BCUT2D eigenvalue weighted by Crippen LogP contribution is 2.54. The summed E-state index contributed by atoms with van der Waals surface area (Å²) in [5.74, 6) is -3.21. The van der Waals surface area contributed by atoms with Crippen molar-refractivity contribution in [3.8, 4) is 0 Å². The predicted octanol–water partition coefficient (Wildman–Crippen LogP) is 3.24. The molecule has 7 nitrogen and oxygen atoms in total. The second-order valence-electron chi connectivity index (χ2n) is 9.09. The molecule has 0 saturated carbocycles. The SMILES string of the molecule is CC[C@]12C(=O)N(C)C[C@H]([C@@H]3C(=O)N(Cc4ccccc4)C(=O)[C@@H]31)N2C(=O)c1ccc(Cl)c(Cl)c1. The number of likely N-dealkylation sites (N-methyl/N-ethyl adjacent to an activating group) is 1. The van der Waals surface area contributed by atoms with Gasteiger partial charge in [-0.2, -0.15) is 0 Å². The number of carbonyl (C=O) groups is 4. The zero-order chi connectivity index (χ0) is 24.4. The minimum Gasteiger partial charge on any atom is -0.342 e. The average Bonchev–Trinajstić information content (AvgIpc) is 3.22. The Morgan fingerprint density at radius 3 is 2.38 bits per heavy atom. The van der Waals surface area contributed by atoms with E-state index in [0.29, 0.717) is 5.02 Å². The maximum Gasteiger partial charge on any atom is 0.255 e. The molecule has 3 aliphatic heterocycles. The van der Waals surface area contributed by atoms with Crippen LogP contribution in [0.25, 0.3) is 0 Å². The van der Waals surface area contributed by atoms with Crippen molar-refractivity contribution < 1.29 is 19.2 Å². The van der Waals surface area contributed by atoms with Crippen molar-refractivity contribution in [2.24, 2.45) is 11.8 Å². The second-order valence-corrected chi connectivity index (χ2v) is 9.90. The lowest BCUT2D eigenvalue weighted by molar-refractivity contribution is -0.155. The number of imide groups is 1. The van der Waals surface area contributed by atoms with Gasteiger partial charge >= 0.3 is 0 Å². The summed E-state index contributed by atoms with van der Waals surface area (Å²) >= 11 is 12.2. The number of benzene rings is 2. The van der Waals surface area contributed by atoms with E-state index in [0.717, 1.165) is 5.56 Å². The molecule has 2 aromatic rings. The molecule has 0 unspecified atom stereocenters. The molecule has 4 atom stereocenters. The van der Waals surface area contributed by atoms with Gasteiger partial charge in [0.15, 0.2) is 0 Å². The summed E-state index contributed by atoms with van der Waals surface area (Å²) in [6.45, 7) is 2.10. The first-order valence-corrected chi connectivity index (χ1v) is 11.9. The standard InChI is InChI=1S/C25H23Cl2N3O4/c1-3-25-20-19(22(32)29(23(20)33)12-14-7-5-4-6-8-14)18(13-28(2)24(25)34)30(25)21(31)15-9-10-16(26)17(27)11-15/h4-11,18-20H,3,12-13H2,1-2H3/t18-,19+,20-,25-/m1/s1. The van der Waals surface area contributed by atoms with Crippen molar-refractivity contribution in [3.63, 3.8) is 0 Å². The molecule has 0 aromatic heterocycles. The average molecular weight is 500 g/mol. The molecule has 0 aliphatic carbocycles. The molecule has 2 bridgehead atoms. The van der Waals surface area contributed by atoms with Crippen molar-refractivity contribution in [3.05, 3.63) is 69.7 Å². The highest BCUT2D eigenvalue weighted by Gasteiger charge is 2.74. The summed E-state index contributed by atoms with van der Waals surface area (Å²) in [5, 5.41) is 0.520. The Bertz CT molecular complexity index is 1220. The fraction of sp³-hybridized carbons (Fsp3) is 0.360. The number of carbonyl (C=O) groups excluding carboxylic acids is 4. The second kappa shape index (κ2) is 8.10. The van der Waals surface area contributed by atoms with Gasteiger partial charge in [-0.15, -0.1) is 0 Å². The number of hydrogen-bond acceptors (Lipinski definition) is 4. The molecule has 5 rings (SSSR count). The molecule has 176 valence electrons. The van der Waals surface area contributed by atoms with Gasteiger partial charge in [0.25, 0.3) is 5.91 Å². The third-order valence-corrected chi connectivity index (χ3v) is 8.16. The molecule has 3 fully saturated rings. The summed E-state index contributed by atoms with van der Waals surface area (Å²) in [5.41, 5.74) is -0.355. The Balaban J connectivity index is 1.59. The van der Waals surface area contributed by atoms with Crippen LogP contribution in [0, 0.1) is 11.8 Å². The van der Waals surface area contributed by atoms with Crippen LogP contribution in [0.15, 0.2) is 48.5 Å². The molecule has 4 amide bonds. The van der Waals surface area contributed by atoms with Gasteiger partial charge in [-0.1, -0.05) is 60.5 Å². The van der Waals surface area contributed by atoms with Crippen molar-refractivity contribution in [2.75, 3.05) is 13.6 Å². The summed E-state index contributed by atoms with van der Waals surface area (Å²) in [6, 6.07) is 13.2. The van der Waals surface area contributed by atoms with Crippen LogP contribution in [0.3, 0.4) is 0 Å². The first-order valence-electron chi connectivity index (χ1n) is 11.2. The zero-order valence-corrected chi connectivity index (χ0v) is 20.2. The summed E-state index contributed by atoms with van der Waals surface area (Å²) in [6.07, 6.45) is 0.207. The number of halogens is 2. The van der Waals surface area contributed by atoms with E-state index in [1.807, 2.05) is 30.3 Å². The number of piperazine rings is 1. The van der Waals surface area contributed by atoms with E-state index in [9.17, 15) is 19.2 Å². The minimum atomic E-state index is -1.44. The Morgan fingerprint density at radius 2 is 1.74 bits per heavy atom. The highest BCUT2D eigenvalue weighted by atomic mass is 35.5. The lowest BCUT2D eigenvalue weighted by Gasteiger charge is -2.48. The van der Waals surface area contributed by atoms with Crippen LogP contribution < -0.4 is 0 Å². The molecular weight excluding hydrogens is 477 g/mol. The third kappa shape index (κ3) is 3.03. The van der Waals surface area contributed by atoms with E-state index in [1.54, 1.807) is 20.0 Å². The quantitative estimate of drug-likeness (QED) is 0.605. The van der Waals surface area contributed by atoms with E-state index < -0.39 is 35.2 Å². The molecule has 3 aliphatic rings. The topological polar surface area (TPSA) is 78.0 Å². The number of hydrogen-bond donors (Lipinski definition) is 0. The Morgan fingerprint density at radius 1 is 1.03 bits per heavy atom. The molecule has 9 heteroatoms. The van der Waals surface area contributed by atoms with E-state index in [2.05, 4.69) is 0 Å². The zero-order valence-electron chi connectivity index (χ0n) is 18.7. The molecule has 2 aromatic carbocycles. The van der Waals surface area contributed by atoms with Gasteiger partial charge < -0.3 is 9.80 Å². The van der Waals surface area contributed by atoms with Crippen molar-refractivity contribution >= 4 is 46.8 Å². The number of likely N-dealkylation sites (tertiary alicyclic amines) is 2. The molecule has 0 radical (unpaired) electrons. The maximum atomic E-state index is 13.8. The number of amides is 4. The molecule has 3 heterocycles. The normalized spacial score (nSPS) is 28.1. The molecule has 3 saturated heterocycles. The Hall–Kier alpha value is -2.90. The van der Waals surface area contributed by atoms with Gasteiger partial charge in [0.1, 0.15) is 5.54 Å². The van der Waals surface area contributed by atoms with Crippen LogP contribution in [-0.4, -0.2) is 63.5 Å². The summed E-state index contributed by atoms with van der Waals surface area (Å²) < 4.78 is 0. The minimum absolute atomic E-state index is 0.142. The van der Waals surface area contributed by atoms with Gasteiger partial charge in [0.05, 0.1) is 34.5 Å². The Kier molecular flexibility index (Phi) is 5.45. The lowest BCUT2D eigenvalue weighted by Crippen LogP contribution is -2.68. The fourth-order valence-electron chi connectivity index (χ4n) is 5.94. The highest BCUT2D eigenvalue weighted by molar-refractivity contribution is 6.42. The van der Waals surface area contributed by atoms with Crippen LogP contribution >= 0.6 is 23.2 Å². The fourth-order valence-corrected chi connectivity index (χ4v) is 6.23. The third-order valence-electron chi connectivity index (χ3n) is 7.42.